The summed E-state index contributed by atoms with van der Waals surface area (Å²) in [5, 5.41) is 15.8. The Morgan fingerprint density at radius 1 is 1.13 bits per heavy atom. The van der Waals surface area contributed by atoms with Crippen LogP contribution in [-0.4, -0.2) is 35.9 Å². The molecule has 30 heavy (non-hydrogen) atoms. The molecule has 2 N–H and O–H groups in total. The quantitative estimate of drug-likeness (QED) is 0.369. The number of nitro benzene ring substituents is 1. The van der Waals surface area contributed by atoms with Gasteiger partial charge in [0, 0.05) is 17.7 Å². The third-order valence-corrected chi connectivity index (χ3v) is 4.34. The highest BCUT2D eigenvalue weighted by atomic mass is 16.6. The predicted octanol–water partition coefficient (Wildman–Crippen LogP) is 2.31. The molecular formula is C21H23N3O6. The number of esters is 1. The van der Waals surface area contributed by atoms with Crippen molar-refractivity contribution in [3.8, 4) is 0 Å². The van der Waals surface area contributed by atoms with Gasteiger partial charge in [0.1, 0.15) is 6.54 Å². The lowest BCUT2D eigenvalue weighted by Crippen LogP contribution is -2.34. The maximum atomic E-state index is 12.0. The minimum absolute atomic E-state index is 0.0395. The fourth-order valence-corrected chi connectivity index (χ4v) is 2.62. The Morgan fingerprint density at radius 3 is 2.47 bits per heavy atom. The Morgan fingerprint density at radius 2 is 1.83 bits per heavy atom. The molecule has 0 aromatic heterocycles. The van der Waals surface area contributed by atoms with Gasteiger partial charge in [-0.3, -0.25) is 24.5 Å². The van der Waals surface area contributed by atoms with Crippen molar-refractivity contribution < 1.29 is 24.0 Å². The number of non-ortho nitro benzene ring substituents is 1. The number of amides is 2. The van der Waals surface area contributed by atoms with Gasteiger partial charge in [0.25, 0.3) is 17.5 Å². The lowest BCUT2D eigenvalue weighted by Gasteiger charge is -2.15. The molecule has 0 saturated heterocycles. The zero-order valence-corrected chi connectivity index (χ0v) is 16.7. The molecule has 0 fully saturated rings. The molecule has 0 bridgehead atoms. The van der Waals surface area contributed by atoms with Gasteiger partial charge in [-0.25, -0.2) is 0 Å². The Balaban J connectivity index is 1.75. The van der Waals surface area contributed by atoms with E-state index in [1.165, 1.54) is 23.8 Å². The van der Waals surface area contributed by atoms with Gasteiger partial charge in [-0.05, 0) is 30.5 Å². The van der Waals surface area contributed by atoms with Crippen molar-refractivity contribution in [1.29, 1.82) is 0 Å². The van der Waals surface area contributed by atoms with E-state index in [2.05, 4.69) is 17.6 Å². The second kappa shape index (κ2) is 10.7. The fourth-order valence-electron chi connectivity index (χ4n) is 2.62. The second-order valence-electron chi connectivity index (χ2n) is 6.54. The molecule has 0 saturated carbocycles. The standard InChI is InChI=1S/C21H23N3O6/c1-3-15-7-9-16(10-8-15)14(2)23-19(25)13-30-20(26)12-22-21(27)17-5-4-6-18(11-17)24(28)29/h4-11,14H,3,12-13H2,1-2H3,(H,22,27)(H,23,25)/t14-/m0/s1. The fraction of sp³-hybridized carbons (Fsp3) is 0.286. The first-order chi connectivity index (χ1) is 14.3. The van der Waals surface area contributed by atoms with Gasteiger partial charge in [0.05, 0.1) is 11.0 Å². The highest BCUT2D eigenvalue weighted by Gasteiger charge is 2.15. The van der Waals surface area contributed by atoms with Crippen LogP contribution in [0.4, 0.5) is 5.69 Å². The normalized spacial score (nSPS) is 11.3. The molecule has 9 nitrogen and oxygen atoms in total. The average Bonchev–Trinajstić information content (AvgIpc) is 2.76. The number of ether oxygens (including phenoxy) is 1. The zero-order chi connectivity index (χ0) is 22.1. The van der Waals surface area contributed by atoms with Gasteiger partial charge >= 0.3 is 5.97 Å². The maximum absolute atomic E-state index is 12.0. The van der Waals surface area contributed by atoms with Crippen LogP contribution >= 0.6 is 0 Å². The number of nitrogens with one attached hydrogen (secondary N) is 2. The number of carbonyl (C=O) groups excluding carboxylic acids is 3. The number of rotatable bonds is 9. The van der Waals surface area contributed by atoms with Crippen molar-refractivity contribution in [3.05, 3.63) is 75.3 Å². The predicted molar refractivity (Wildman–Crippen MR) is 109 cm³/mol. The molecule has 2 amide bonds. The van der Waals surface area contributed by atoms with Crippen LogP contribution in [0.25, 0.3) is 0 Å². The van der Waals surface area contributed by atoms with E-state index in [0.29, 0.717) is 0 Å². The van der Waals surface area contributed by atoms with E-state index >= 15 is 0 Å². The molecule has 0 aliphatic heterocycles. The van der Waals surface area contributed by atoms with Gasteiger partial charge in [0.2, 0.25) is 0 Å². The number of benzene rings is 2. The number of carbonyl (C=O) groups is 3. The Labute approximate surface area is 173 Å². The largest absolute Gasteiger partial charge is 0.454 e. The van der Waals surface area contributed by atoms with E-state index in [1.54, 1.807) is 0 Å². The number of nitro groups is 1. The SMILES string of the molecule is CCc1ccc([C@H](C)NC(=O)COC(=O)CNC(=O)c2cccc([N+](=O)[O-])c2)cc1. The summed E-state index contributed by atoms with van der Waals surface area (Å²) in [4.78, 5) is 45.9. The van der Waals surface area contributed by atoms with E-state index in [4.69, 9.17) is 4.74 Å². The van der Waals surface area contributed by atoms with Crippen LogP contribution in [0.3, 0.4) is 0 Å². The second-order valence-corrected chi connectivity index (χ2v) is 6.54. The van der Waals surface area contributed by atoms with Crippen LogP contribution in [0, 0.1) is 10.1 Å². The minimum atomic E-state index is -0.802. The molecule has 2 aromatic carbocycles. The van der Waals surface area contributed by atoms with Crippen LogP contribution in [0.1, 0.15) is 41.4 Å². The van der Waals surface area contributed by atoms with Crippen molar-refractivity contribution in [2.45, 2.75) is 26.3 Å². The highest BCUT2D eigenvalue weighted by Crippen LogP contribution is 2.14. The average molecular weight is 413 g/mol. The van der Waals surface area contributed by atoms with Crippen molar-refractivity contribution in [2.75, 3.05) is 13.2 Å². The molecule has 0 unspecified atom stereocenters. The van der Waals surface area contributed by atoms with Crippen molar-refractivity contribution in [3.63, 3.8) is 0 Å². The molecule has 0 aliphatic rings. The highest BCUT2D eigenvalue weighted by molar-refractivity contribution is 5.96. The number of aryl methyl sites for hydroxylation is 1. The molecule has 0 heterocycles. The van der Waals surface area contributed by atoms with E-state index < -0.39 is 35.9 Å². The Bertz CT molecular complexity index is 927. The molecule has 0 radical (unpaired) electrons. The third-order valence-electron chi connectivity index (χ3n) is 4.34. The summed E-state index contributed by atoms with van der Waals surface area (Å²) in [5.41, 5.74) is 1.92. The summed E-state index contributed by atoms with van der Waals surface area (Å²) < 4.78 is 4.85. The van der Waals surface area contributed by atoms with E-state index in [1.807, 2.05) is 31.2 Å². The van der Waals surface area contributed by atoms with Crippen molar-refractivity contribution in [1.82, 2.24) is 10.6 Å². The monoisotopic (exact) mass is 413 g/mol. The maximum Gasteiger partial charge on any atom is 0.325 e. The first kappa shape index (κ1) is 22.5. The molecule has 1 atom stereocenters. The first-order valence-electron chi connectivity index (χ1n) is 9.36. The van der Waals surface area contributed by atoms with Crippen LogP contribution in [-0.2, 0) is 20.7 Å². The summed E-state index contributed by atoms with van der Waals surface area (Å²) in [5.74, 6) is -1.94. The molecular weight excluding hydrogens is 390 g/mol. The van der Waals surface area contributed by atoms with E-state index in [0.717, 1.165) is 18.1 Å². The number of hydrogen-bond donors (Lipinski definition) is 2. The van der Waals surface area contributed by atoms with Crippen molar-refractivity contribution >= 4 is 23.5 Å². The van der Waals surface area contributed by atoms with Gasteiger partial charge in [-0.2, -0.15) is 0 Å². The number of nitrogens with zero attached hydrogens (tertiary/aromatic N) is 1. The topological polar surface area (TPSA) is 128 Å². The summed E-state index contributed by atoms with van der Waals surface area (Å²) in [6.45, 7) is 2.92. The summed E-state index contributed by atoms with van der Waals surface area (Å²) >= 11 is 0. The molecule has 0 aliphatic carbocycles. The number of hydrogen-bond acceptors (Lipinski definition) is 6. The smallest absolute Gasteiger partial charge is 0.325 e. The van der Waals surface area contributed by atoms with Crippen LogP contribution < -0.4 is 10.6 Å². The third kappa shape index (κ3) is 6.69. The molecule has 2 aromatic rings. The first-order valence-corrected chi connectivity index (χ1v) is 9.36. The summed E-state index contributed by atoms with van der Waals surface area (Å²) in [7, 11) is 0. The lowest BCUT2D eigenvalue weighted by atomic mass is 10.1. The van der Waals surface area contributed by atoms with E-state index in [9.17, 15) is 24.5 Å². The Kier molecular flexibility index (Phi) is 8.04. The van der Waals surface area contributed by atoms with Gasteiger partial charge in [-0.15, -0.1) is 0 Å². The summed E-state index contributed by atoms with van der Waals surface area (Å²) in [6, 6.07) is 12.7. The zero-order valence-electron chi connectivity index (χ0n) is 16.7. The van der Waals surface area contributed by atoms with Crippen LogP contribution in [0.5, 0.6) is 0 Å². The van der Waals surface area contributed by atoms with Crippen LogP contribution in [0.15, 0.2) is 48.5 Å². The lowest BCUT2D eigenvalue weighted by molar-refractivity contribution is -0.384. The van der Waals surface area contributed by atoms with Crippen molar-refractivity contribution in [2.24, 2.45) is 0 Å². The van der Waals surface area contributed by atoms with Gasteiger partial charge < -0.3 is 15.4 Å². The molecule has 0 spiro atoms. The van der Waals surface area contributed by atoms with Gasteiger partial charge in [-0.1, -0.05) is 37.3 Å². The Hall–Kier alpha value is -3.75. The van der Waals surface area contributed by atoms with Gasteiger partial charge in [0.15, 0.2) is 6.61 Å². The minimum Gasteiger partial charge on any atom is -0.454 e. The molecule has 158 valence electrons. The van der Waals surface area contributed by atoms with Crippen LogP contribution in [0.2, 0.25) is 0 Å². The molecule has 2 rings (SSSR count). The summed E-state index contributed by atoms with van der Waals surface area (Å²) in [6.07, 6.45) is 0.925. The molecule has 9 heteroatoms. The van der Waals surface area contributed by atoms with E-state index in [-0.39, 0.29) is 17.3 Å².